The SMILES string of the molecule is CS(=O)(=O)c1ccc(-c2noc(Cc3ccc(O)cc3)n2)cc1. The molecule has 1 N–H and O–H groups in total. The van der Waals surface area contributed by atoms with Gasteiger partial charge in [-0.2, -0.15) is 4.98 Å². The molecule has 1 heterocycles. The van der Waals surface area contributed by atoms with Gasteiger partial charge < -0.3 is 9.63 Å². The Morgan fingerprint density at radius 2 is 1.70 bits per heavy atom. The van der Waals surface area contributed by atoms with Crippen LogP contribution < -0.4 is 0 Å². The average Bonchev–Trinajstić information content (AvgIpc) is 2.97. The van der Waals surface area contributed by atoms with Crippen LogP contribution in [0.4, 0.5) is 0 Å². The molecule has 0 spiro atoms. The van der Waals surface area contributed by atoms with Crippen LogP contribution in [0.3, 0.4) is 0 Å². The quantitative estimate of drug-likeness (QED) is 0.790. The minimum atomic E-state index is -3.23. The Kier molecular flexibility index (Phi) is 3.87. The van der Waals surface area contributed by atoms with Crippen LogP contribution >= 0.6 is 0 Å². The summed E-state index contributed by atoms with van der Waals surface area (Å²) in [5.41, 5.74) is 1.61. The second-order valence-electron chi connectivity index (χ2n) is 5.15. The number of phenolic OH excluding ortho intramolecular Hbond substituents is 1. The average molecular weight is 330 g/mol. The lowest BCUT2D eigenvalue weighted by atomic mass is 10.1. The normalized spacial score (nSPS) is 11.5. The number of nitrogens with zero attached hydrogens (tertiary/aromatic N) is 2. The molecule has 0 unspecified atom stereocenters. The van der Waals surface area contributed by atoms with Gasteiger partial charge in [0.1, 0.15) is 5.75 Å². The Bertz CT molecular complexity index is 913. The highest BCUT2D eigenvalue weighted by Gasteiger charge is 2.11. The van der Waals surface area contributed by atoms with E-state index in [9.17, 15) is 13.5 Å². The molecule has 3 aromatic rings. The van der Waals surface area contributed by atoms with Gasteiger partial charge in [0.25, 0.3) is 0 Å². The standard InChI is InChI=1S/C16H14N2O4S/c1-23(20,21)14-8-4-12(5-9-14)16-17-15(22-18-16)10-11-2-6-13(19)7-3-11/h2-9,19H,10H2,1H3. The molecule has 23 heavy (non-hydrogen) atoms. The third-order valence-electron chi connectivity index (χ3n) is 3.30. The Hall–Kier alpha value is -2.67. The molecule has 0 saturated carbocycles. The van der Waals surface area contributed by atoms with Crippen molar-refractivity contribution >= 4 is 9.84 Å². The van der Waals surface area contributed by atoms with E-state index >= 15 is 0 Å². The lowest BCUT2D eigenvalue weighted by molar-refractivity contribution is 0.385. The van der Waals surface area contributed by atoms with Crippen molar-refractivity contribution in [3.8, 4) is 17.1 Å². The Morgan fingerprint density at radius 3 is 2.30 bits per heavy atom. The summed E-state index contributed by atoms with van der Waals surface area (Å²) in [5.74, 6) is 1.04. The fraction of sp³-hybridized carbons (Fsp3) is 0.125. The Morgan fingerprint density at radius 1 is 1.04 bits per heavy atom. The van der Waals surface area contributed by atoms with Crippen molar-refractivity contribution in [1.82, 2.24) is 10.1 Å². The zero-order valence-corrected chi connectivity index (χ0v) is 13.1. The van der Waals surface area contributed by atoms with Gasteiger partial charge in [-0.15, -0.1) is 0 Å². The smallest absolute Gasteiger partial charge is 0.231 e. The number of phenols is 1. The highest BCUT2D eigenvalue weighted by atomic mass is 32.2. The first-order valence-electron chi connectivity index (χ1n) is 6.83. The topological polar surface area (TPSA) is 93.3 Å². The predicted octanol–water partition coefficient (Wildman–Crippen LogP) is 2.44. The van der Waals surface area contributed by atoms with Crippen LogP contribution in [-0.2, 0) is 16.3 Å². The van der Waals surface area contributed by atoms with Gasteiger partial charge >= 0.3 is 0 Å². The Labute approximate surface area is 133 Å². The molecule has 0 radical (unpaired) electrons. The zero-order chi connectivity index (χ0) is 16.4. The second-order valence-corrected chi connectivity index (χ2v) is 7.17. The van der Waals surface area contributed by atoms with E-state index < -0.39 is 9.84 Å². The van der Waals surface area contributed by atoms with Crippen LogP contribution in [-0.4, -0.2) is 29.9 Å². The van der Waals surface area contributed by atoms with E-state index in [0.717, 1.165) is 11.8 Å². The van der Waals surface area contributed by atoms with Crippen LogP contribution in [0.5, 0.6) is 5.75 Å². The summed E-state index contributed by atoms with van der Waals surface area (Å²) in [4.78, 5) is 4.54. The summed E-state index contributed by atoms with van der Waals surface area (Å²) >= 11 is 0. The van der Waals surface area contributed by atoms with E-state index in [1.807, 2.05) is 0 Å². The molecule has 1 aromatic heterocycles. The molecule has 3 rings (SSSR count). The fourth-order valence-corrected chi connectivity index (χ4v) is 2.71. The maximum absolute atomic E-state index is 11.4. The van der Waals surface area contributed by atoms with Crippen molar-refractivity contribution in [3.63, 3.8) is 0 Å². The van der Waals surface area contributed by atoms with Gasteiger partial charge in [-0.3, -0.25) is 0 Å². The number of rotatable bonds is 4. The lowest BCUT2D eigenvalue weighted by Crippen LogP contribution is -1.96. The summed E-state index contributed by atoms with van der Waals surface area (Å²) in [6.45, 7) is 0. The molecule has 0 aliphatic heterocycles. The summed E-state index contributed by atoms with van der Waals surface area (Å²) in [7, 11) is -3.23. The van der Waals surface area contributed by atoms with Crippen molar-refractivity contribution in [2.24, 2.45) is 0 Å². The van der Waals surface area contributed by atoms with E-state index in [2.05, 4.69) is 10.1 Å². The van der Waals surface area contributed by atoms with E-state index in [4.69, 9.17) is 4.52 Å². The third-order valence-corrected chi connectivity index (χ3v) is 4.43. The largest absolute Gasteiger partial charge is 0.508 e. The number of benzene rings is 2. The van der Waals surface area contributed by atoms with Gasteiger partial charge in [0, 0.05) is 11.8 Å². The minimum Gasteiger partial charge on any atom is -0.508 e. The number of sulfone groups is 1. The maximum atomic E-state index is 11.4. The molecule has 0 atom stereocenters. The van der Waals surface area contributed by atoms with Gasteiger partial charge in [-0.25, -0.2) is 8.42 Å². The first-order valence-corrected chi connectivity index (χ1v) is 8.72. The van der Waals surface area contributed by atoms with Gasteiger partial charge in [0.05, 0.1) is 11.3 Å². The van der Waals surface area contributed by atoms with E-state index in [1.54, 1.807) is 36.4 Å². The number of hydrogen-bond donors (Lipinski definition) is 1. The number of aromatic hydroxyl groups is 1. The molecule has 7 heteroatoms. The molecule has 6 nitrogen and oxygen atoms in total. The molecule has 2 aromatic carbocycles. The van der Waals surface area contributed by atoms with E-state index in [0.29, 0.717) is 23.7 Å². The Balaban J connectivity index is 1.80. The highest BCUT2D eigenvalue weighted by Crippen LogP contribution is 2.20. The molecule has 0 aliphatic rings. The summed E-state index contributed by atoms with van der Waals surface area (Å²) in [5, 5.41) is 13.2. The summed E-state index contributed by atoms with van der Waals surface area (Å²) in [6, 6.07) is 13.1. The van der Waals surface area contributed by atoms with Crippen molar-refractivity contribution in [2.75, 3.05) is 6.26 Å². The van der Waals surface area contributed by atoms with Crippen LogP contribution in [0.1, 0.15) is 11.5 Å². The van der Waals surface area contributed by atoms with Gasteiger partial charge in [-0.05, 0) is 42.0 Å². The lowest BCUT2D eigenvalue weighted by Gasteiger charge is -1.98. The molecule has 0 aliphatic carbocycles. The molecule has 0 bridgehead atoms. The van der Waals surface area contributed by atoms with Crippen molar-refractivity contribution in [2.45, 2.75) is 11.3 Å². The molecular formula is C16H14N2O4S. The number of aromatic nitrogens is 2. The summed E-state index contributed by atoms with van der Waals surface area (Å²) < 4.78 is 28.1. The minimum absolute atomic E-state index is 0.200. The monoisotopic (exact) mass is 330 g/mol. The van der Waals surface area contributed by atoms with Gasteiger partial charge in [0.15, 0.2) is 9.84 Å². The van der Waals surface area contributed by atoms with Crippen molar-refractivity contribution < 1.29 is 18.0 Å². The predicted molar refractivity (Wildman–Crippen MR) is 83.8 cm³/mol. The van der Waals surface area contributed by atoms with Gasteiger partial charge in [-0.1, -0.05) is 17.3 Å². The molecule has 118 valence electrons. The van der Waals surface area contributed by atoms with Gasteiger partial charge in [0.2, 0.25) is 11.7 Å². The van der Waals surface area contributed by atoms with Crippen LogP contribution in [0.15, 0.2) is 57.9 Å². The summed E-state index contributed by atoms with van der Waals surface area (Å²) in [6.07, 6.45) is 1.61. The fourth-order valence-electron chi connectivity index (χ4n) is 2.08. The first kappa shape index (κ1) is 15.2. The maximum Gasteiger partial charge on any atom is 0.231 e. The third kappa shape index (κ3) is 3.57. The first-order chi connectivity index (χ1) is 10.9. The van der Waals surface area contributed by atoms with Crippen LogP contribution in [0.25, 0.3) is 11.4 Å². The number of hydrogen-bond acceptors (Lipinski definition) is 6. The molecular weight excluding hydrogens is 316 g/mol. The van der Waals surface area contributed by atoms with Crippen LogP contribution in [0, 0.1) is 0 Å². The second kappa shape index (κ2) is 5.85. The highest BCUT2D eigenvalue weighted by molar-refractivity contribution is 7.90. The van der Waals surface area contributed by atoms with Crippen LogP contribution in [0.2, 0.25) is 0 Å². The molecule has 0 saturated heterocycles. The van der Waals surface area contributed by atoms with Crippen molar-refractivity contribution in [3.05, 3.63) is 60.0 Å². The molecule has 0 fully saturated rings. The van der Waals surface area contributed by atoms with E-state index in [1.165, 1.54) is 12.1 Å². The molecule has 0 amide bonds. The van der Waals surface area contributed by atoms with E-state index in [-0.39, 0.29) is 10.6 Å². The van der Waals surface area contributed by atoms with Crippen molar-refractivity contribution in [1.29, 1.82) is 0 Å². The zero-order valence-electron chi connectivity index (χ0n) is 12.3.